The van der Waals surface area contributed by atoms with Gasteiger partial charge < -0.3 is 16.8 Å². The number of rotatable bonds is 7. The number of nitrogens with zero attached hydrogens (tertiary/aromatic N) is 3. The minimum atomic E-state index is -0.630. The highest BCUT2D eigenvalue weighted by molar-refractivity contribution is 6.30. The number of anilines is 2. The van der Waals surface area contributed by atoms with Crippen LogP contribution in [0.1, 0.15) is 47.1 Å². The normalized spacial score (nSPS) is 10.9. The van der Waals surface area contributed by atoms with Crippen molar-refractivity contribution in [2.45, 2.75) is 32.7 Å². The fourth-order valence-corrected chi connectivity index (χ4v) is 3.25. The molecular formula is C21H23ClN6O2. The van der Waals surface area contributed by atoms with E-state index in [1.807, 2.05) is 13.8 Å². The monoisotopic (exact) mass is 426 g/mol. The van der Waals surface area contributed by atoms with Crippen molar-refractivity contribution >= 4 is 34.9 Å². The lowest BCUT2D eigenvalue weighted by molar-refractivity contribution is -0.115. The number of carbonyl (C=O) groups excluding carboxylic acids is 2. The summed E-state index contributed by atoms with van der Waals surface area (Å²) in [5.74, 6) is -0.565. The highest BCUT2D eigenvalue weighted by atomic mass is 35.5. The second-order valence-electron chi connectivity index (χ2n) is 7.22. The van der Waals surface area contributed by atoms with Gasteiger partial charge in [0.1, 0.15) is 11.4 Å². The molecule has 0 bridgehead atoms. The number of nitrogens with two attached hydrogens (primary N) is 2. The van der Waals surface area contributed by atoms with Crippen LogP contribution in [0.15, 0.2) is 42.7 Å². The van der Waals surface area contributed by atoms with Crippen molar-refractivity contribution in [2.75, 3.05) is 11.1 Å². The SMILES string of the molecule is CC(C)n1nc(Cc2cncc(NC(=O)Cc3ccc(Cl)cc3)c2)c(C(N)=O)c1N. The summed E-state index contributed by atoms with van der Waals surface area (Å²) in [7, 11) is 0. The van der Waals surface area contributed by atoms with Gasteiger partial charge in [-0.05, 0) is 43.2 Å². The van der Waals surface area contributed by atoms with Crippen LogP contribution in [-0.4, -0.2) is 26.6 Å². The van der Waals surface area contributed by atoms with Crippen LogP contribution in [0.25, 0.3) is 0 Å². The van der Waals surface area contributed by atoms with Gasteiger partial charge in [0, 0.05) is 23.7 Å². The summed E-state index contributed by atoms with van der Waals surface area (Å²) in [6.07, 6.45) is 3.71. The lowest BCUT2D eigenvalue weighted by Crippen LogP contribution is -2.16. The summed E-state index contributed by atoms with van der Waals surface area (Å²) in [4.78, 5) is 28.4. The Morgan fingerprint density at radius 3 is 2.50 bits per heavy atom. The first kappa shape index (κ1) is 21.3. The van der Waals surface area contributed by atoms with E-state index in [0.29, 0.717) is 22.8 Å². The summed E-state index contributed by atoms with van der Waals surface area (Å²) in [5.41, 5.74) is 14.4. The Morgan fingerprint density at radius 1 is 1.17 bits per heavy atom. The van der Waals surface area contributed by atoms with Gasteiger partial charge in [0.05, 0.1) is 24.0 Å². The van der Waals surface area contributed by atoms with E-state index in [0.717, 1.165) is 11.1 Å². The zero-order valence-corrected chi connectivity index (χ0v) is 17.5. The van der Waals surface area contributed by atoms with Crippen LogP contribution >= 0.6 is 11.6 Å². The lowest BCUT2D eigenvalue weighted by atomic mass is 10.1. The number of primary amides is 1. The minimum absolute atomic E-state index is 0.0199. The number of nitrogens with one attached hydrogen (secondary N) is 1. The molecule has 0 aliphatic heterocycles. The van der Waals surface area contributed by atoms with Gasteiger partial charge in [-0.2, -0.15) is 5.10 Å². The van der Waals surface area contributed by atoms with Crippen LogP contribution in [0.4, 0.5) is 11.5 Å². The number of hydrogen-bond donors (Lipinski definition) is 3. The molecule has 0 fully saturated rings. The van der Waals surface area contributed by atoms with Gasteiger partial charge in [-0.3, -0.25) is 14.6 Å². The molecule has 2 aromatic heterocycles. The molecule has 0 aliphatic rings. The first-order chi connectivity index (χ1) is 14.2. The first-order valence-corrected chi connectivity index (χ1v) is 9.77. The maximum absolute atomic E-state index is 12.3. The number of carbonyl (C=O) groups is 2. The van der Waals surface area contributed by atoms with Crippen molar-refractivity contribution in [3.05, 3.63) is 70.1 Å². The van der Waals surface area contributed by atoms with Gasteiger partial charge in [0.15, 0.2) is 0 Å². The maximum atomic E-state index is 12.3. The van der Waals surface area contributed by atoms with E-state index in [-0.39, 0.29) is 29.8 Å². The summed E-state index contributed by atoms with van der Waals surface area (Å²) in [6, 6.07) is 8.85. The average Bonchev–Trinajstić information content (AvgIpc) is 3.00. The van der Waals surface area contributed by atoms with Crippen molar-refractivity contribution in [1.29, 1.82) is 0 Å². The van der Waals surface area contributed by atoms with Crippen LogP contribution < -0.4 is 16.8 Å². The van der Waals surface area contributed by atoms with Gasteiger partial charge in [-0.25, -0.2) is 4.68 Å². The average molecular weight is 427 g/mol. The van der Waals surface area contributed by atoms with Crippen molar-refractivity contribution < 1.29 is 9.59 Å². The Balaban J connectivity index is 1.76. The smallest absolute Gasteiger partial charge is 0.254 e. The number of pyridine rings is 1. The Morgan fingerprint density at radius 2 is 1.87 bits per heavy atom. The lowest BCUT2D eigenvalue weighted by Gasteiger charge is -2.07. The molecule has 8 nitrogen and oxygen atoms in total. The van der Waals surface area contributed by atoms with E-state index >= 15 is 0 Å². The van der Waals surface area contributed by atoms with E-state index in [2.05, 4.69) is 15.4 Å². The van der Waals surface area contributed by atoms with Crippen molar-refractivity contribution in [3.63, 3.8) is 0 Å². The van der Waals surface area contributed by atoms with E-state index in [1.165, 1.54) is 0 Å². The van der Waals surface area contributed by atoms with Gasteiger partial charge in [0.25, 0.3) is 5.91 Å². The maximum Gasteiger partial charge on any atom is 0.254 e. The summed E-state index contributed by atoms with van der Waals surface area (Å²) >= 11 is 5.87. The van der Waals surface area contributed by atoms with E-state index in [9.17, 15) is 9.59 Å². The molecule has 2 amide bonds. The Kier molecular flexibility index (Phi) is 6.37. The number of hydrogen-bond acceptors (Lipinski definition) is 5. The van der Waals surface area contributed by atoms with Gasteiger partial charge in [0.2, 0.25) is 5.91 Å². The number of aromatic nitrogens is 3. The number of nitrogen functional groups attached to an aromatic ring is 1. The fourth-order valence-electron chi connectivity index (χ4n) is 3.12. The summed E-state index contributed by atoms with van der Waals surface area (Å²) < 4.78 is 1.57. The standard InChI is InChI=1S/C21H23ClN6O2/c1-12(2)28-20(23)19(21(24)30)17(27-28)8-14-7-16(11-25-10-14)26-18(29)9-13-3-5-15(22)6-4-13/h3-7,10-12H,8-9,23H2,1-2H3,(H2,24,30)(H,26,29). The van der Waals surface area contributed by atoms with Crippen LogP contribution in [0.2, 0.25) is 5.02 Å². The third kappa shape index (κ3) is 4.96. The third-order valence-corrected chi connectivity index (χ3v) is 4.74. The second kappa shape index (κ2) is 8.96. The zero-order valence-electron chi connectivity index (χ0n) is 16.7. The molecule has 0 saturated carbocycles. The highest BCUT2D eigenvalue weighted by Gasteiger charge is 2.21. The zero-order chi connectivity index (χ0) is 21.8. The van der Waals surface area contributed by atoms with E-state index in [1.54, 1.807) is 47.4 Å². The topological polar surface area (TPSA) is 129 Å². The molecule has 0 atom stereocenters. The summed E-state index contributed by atoms with van der Waals surface area (Å²) in [6.45, 7) is 3.83. The molecule has 0 saturated heterocycles. The van der Waals surface area contributed by atoms with Gasteiger partial charge >= 0.3 is 0 Å². The predicted octanol–water partition coefficient (Wildman–Crippen LogP) is 2.97. The highest BCUT2D eigenvalue weighted by Crippen LogP contribution is 2.23. The number of benzene rings is 1. The Bertz CT molecular complexity index is 1080. The molecule has 1 aromatic carbocycles. The quantitative estimate of drug-likeness (QED) is 0.534. The third-order valence-electron chi connectivity index (χ3n) is 4.48. The molecule has 9 heteroatoms. The predicted molar refractivity (Wildman–Crippen MR) is 116 cm³/mol. The molecule has 3 rings (SSSR count). The molecular weight excluding hydrogens is 404 g/mol. The molecule has 3 aromatic rings. The molecule has 156 valence electrons. The molecule has 0 radical (unpaired) electrons. The Hall–Kier alpha value is -3.39. The van der Waals surface area contributed by atoms with E-state index < -0.39 is 5.91 Å². The fraction of sp³-hybridized carbons (Fsp3) is 0.238. The second-order valence-corrected chi connectivity index (χ2v) is 7.66. The Labute approximate surface area is 179 Å². The van der Waals surface area contributed by atoms with Crippen molar-refractivity contribution in [3.8, 4) is 0 Å². The van der Waals surface area contributed by atoms with Crippen LogP contribution in [0, 0.1) is 0 Å². The molecule has 0 unspecified atom stereocenters. The van der Waals surface area contributed by atoms with Crippen LogP contribution in [0.5, 0.6) is 0 Å². The van der Waals surface area contributed by atoms with Gasteiger partial charge in [-0.1, -0.05) is 23.7 Å². The van der Waals surface area contributed by atoms with Crippen LogP contribution in [-0.2, 0) is 17.6 Å². The van der Waals surface area contributed by atoms with Crippen molar-refractivity contribution in [2.24, 2.45) is 5.73 Å². The molecule has 30 heavy (non-hydrogen) atoms. The van der Waals surface area contributed by atoms with Crippen LogP contribution in [0.3, 0.4) is 0 Å². The molecule has 0 aliphatic carbocycles. The minimum Gasteiger partial charge on any atom is -0.383 e. The largest absolute Gasteiger partial charge is 0.383 e. The van der Waals surface area contributed by atoms with E-state index in [4.69, 9.17) is 23.1 Å². The summed E-state index contributed by atoms with van der Waals surface area (Å²) in [5, 5.41) is 7.89. The van der Waals surface area contributed by atoms with Gasteiger partial charge in [-0.15, -0.1) is 0 Å². The first-order valence-electron chi connectivity index (χ1n) is 9.39. The number of amides is 2. The molecule has 5 N–H and O–H groups in total. The molecule has 0 spiro atoms. The molecule has 2 heterocycles. The number of halogens is 1. The van der Waals surface area contributed by atoms with Crippen molar-refractivity contribution in [1.82, 2.24) is 14.8 Å².